The Morgan fingerprint density at radius 2 is 1.83 bits per heavy atom. The van der Waals surface area contributed by atoms with Crippen LogP contribution in [0.1, 0.15) is 27.0 Å². The van der Waals surface area contributed by atoms with E-state index in [1.54, 1.807) is 37.5 Å². The van der Waals surface area contributed by atoms with Crippen molar-refractivity contribution in [3.05, 3.63) is 93.5 Å². The molecule has 0 heterocycles. The molecule has 0 aliphatic heterocycles. The molecule has 5 nitrogen and oxygen atoms in total. The number of halogens is 1. The minimum atomic E-state index is -0.965. The van der Waals surface area contributed by atoms with Gasteiger partial charge in [0.05, 0.1) is 24.3 Å². The van der Waals surface area contributed by atoms with Crippen molar-refractivity contribution < 1.29 is 19.4 Å². The van der Waals surface area contributed by atoms with Crippen LogP contribution in [0.15, 0.2) is 71.2 Å². The zero-order chi connectivity index (χ0) is 21.5. The minimum absolute atomic E-state index is 0.228. The maximum Gasteiger partial charge on any atom is 0.335 e. The van der Waals surface area contributed by atoms with Gasteiger partial charge in [-0.1, -0.05) is 46.3 Å². The Labute approximate surface area is 182 Å². The van der Waals surface area contributed by atoms with Gasteiger partial charge in [0.15, 0.2) is 11.5 Å². The number of methoxy groups -OCH3 is 1. The number of hydrogen-bond donors (Lipinski definition) is 1. The van der Waals surface area contributed by atoms with Crippen LogP contribution in [0.25, 0.3) is 11.6 Å². The Morgan fingerprint density at radius 1 is 1.07 bits per heavy atom. The van der Waals surface area contributed by atoms with Gasteiger partial charge in [-0.15, -0.1) is 0 Å². The van der Waals surface area contributed by atoms with E-state index in [0.29, 0.717) is 17.1 Å². The zero-order valence-corrected chi connectivity index (χ0v) is 17.7. The van der Waals surface area contributed by atoms with Gasteiger partial charge in [0.1, 0.15) is 6.61 Å². The summed E-state index contributed by atoms with van der Waals surface area (Å²) >= 11 is 3.42. The first kappa shape index (κ1) is 21.2. The maximum absolute atomic E-state index is 10.9. The second kappa shape index (κ2) is 9.77. The highest BCUT2D eigenvalue weighted by Crippen LogP contribution is 2.31. The summed E-state index contributed by atoms with van der Waals surface area (Å²) in [5.41, 5.74) is 3.22. The van der Waals surface area contributed by atoms with E-state index in [9.17, 15) is 10.1 Å². The molecule has 0 spiro atoms. The second-order valence-electron chi connectivity index (χ2n) is 6.38. The fourth-order valence-corrected chi connectivity index (χ4v) is 3.20. The highest BCUT2D eigenvalue weighted by Gasteiger charge is 2.08. The number of benzene rings is 3. The van der Waals surface area contributed by atoms with Gasteiger partial charge in [0.2, 0.25) is 0 Å². The van der Waals surface area contributed by atoms with Gasteiger partial charge in [0.25, 0.3) is 0 Å². The summed E-state index contributed by atoms with van der Waals surface area (Å²) in [5.74, 6) is 0.128. The van der Waals surface area contributed by atoms with E-state index in [1.807, 2.05) is 30.3 Å². The van der Waals surface area contributed by atoms with Gasteiger partial charge in [-0.3, -0.25) is 0 Å². The molecule has 0 amide bonds. The second-order valence-corrected chi connectivity index (χ2v) is 7.30. The van der Waals surface area contributed by atoms with Crippen LogP contribution in [0.3, 0.4) is 0 Å². The topological polar surface area (TPSA) is 79.5 Å². The molecule has 0 saturated carbocycles. The number of allylic oxidation sites excluding steroid dienone is 1. The van der Waals surface area contributed by atoms with Crippen molar-refractivity contribution in [2.75, 3.05) is 7.11 Å². The molecule has 0 aliphatic rings. The fraction of sp³-hybridized carbons (Fsp3) is 0.0833. The predicted octanol–water partition coefficient (Wildman–Crippen LogP) is 5.80. The molecule has 150 valence electrons. The first-order valence-corrected chi connectivity index (χ1v) is 9.80. The third-order valence-corrected chi connectivity index (χ3v) is 4.84. The lowest BCUT2D eigenvalue weighted by molar-refractivity contribution is 0.0697. The van der Waals surface area contributed by atoms with Gasteiger partial charge >= 0.3 is 5.97 Å². The minimum Gasteiger partial charge on any atom is -0.493 e. The number of hydrogen-bond acceptors (Lipinski definition) is 4. The van der Waals surface area contributed by atoms with Crippen molar-refractivity contribution in [2.45, 2.75) is 6.61 Å². The standard InChI is InChI=1S/C24H18BrNO4/c1-29-23-12-17(11-20(14-26)19-3-2-4-21(25)13-19)7-10-22(23)30-15-16-5-8-18(9-6-16)24(27)28/h2-13H,15H2,1H3,(H,27,28)/b20-11+. The fourth-order valence-electron chi connectivity index (χ4n) is 2.80. The first-order chi connectivity index (χ1) is 14.5. The SMILES string of the molecule is COc1cc(/C=C(\C#N)c2cccc(Br)c2)ccc1OCc1ccc(C(=O)O)cc1. The molecule has 1 N–H and O–H groups in total. The van der Waals surface area contributed by atoms with Gasteiger partial charge in [0, 0.05) is 4.47 Å². The van der Waals surface area contributed by atoms with Crippen LogP contribution in [0, 0.1) is 11.3 Å². The molecule has 0 unspecified atom stereocenters. The molecule has 3 aromatic rings. The summed E-state index contributed by atoms with van der Waals surface area (Å²) in [6.07, 6.45) is 1.79. The first-order valence-electron chi connectivity index (χ1n) is 9.01. The van der Waals surface area contributed by atoms with Gasteiger partial charge in [-0.25, -0.2) is 4.79 Å². The smallest absolute Gasteiger partial charge is 0.335 e. The van der Waals surface area contributed by atoms with Crippen LogP contribution >= 0.6 is 15.9 Å². The molecule has 3 aromatic carbocycles. The van der Waals surface area contributed by atoms with Gasteiger partial charge < -0.3 is 14.6 Å². The van der Waals surface area contributed by atoms with Crippen LogP contribution in [0.5, 0.6) is 11.5 Å². The van der Waals surface area contributed by atoms with E-state index >= 15 is 0 Å². The quantitative estimate of drug-likeness (QED) is 0.353. The Kier molecular flexibility index (Phi) is 6.89. The lowest BCUT2D eigenvalue weighted by Gasteiger charge is -2.12. The highest BCUT2D eigenvalue weighted by atomic mass is 79.9. The summed E-state index contributed by atoms with van der Waals surface area (Å²) in [6, 6.07) is 21.7. The largest absolute Gasteiger partial charge is 0.493 e. The molecule has 0 fully saturated rings. The average molecular weight is 464 g/mol. The van der Waals surface area contributed by atoms with Crippen LogP contribution in [0.4, 0.5) is 0 Å². The lowest BCUT2D eigenvalue weighted by atomic mass is 10.0. The molecule has 0 aromatic heterocycles. The number of nitriles is 1. The molecular weight excluding hydrogens is 446 g/mol. The lowest BCUT2D eigenvalue weighted by Crippen LogP contribution is -2.00. The Bertz CT molecular complexity index is 1130. The van der Waals surface area contributed by atoms with E-state index in [1.165, 1.54) is 12.1 Å². The van der Waals surface area contributed by atoms with Gasteiger partial charge in [-0.2, -0.15) is 5.26 Å². The van der Waals surface area contributed by atoms with Crippen molar-refractivity contribution in [1.29, 1.82) is 5.26 Å². The Balaban J connectivity index is 1.79. The summed E-state index contributed by atoms with van der Waals surface area (Å²) in [5, 5.41) is 18.5. The number of carboxylic acids is 1. The van der Waals surface area contributed by atoms with Crippen molar-refractivity contribution in [3.63, 3.8) is 0 Å². The normalized spacial score (nSPS) is 10.9. The van der Waals surface area contributed by atoms with Crippen molar-refractivity contribution >= 4 is 33.5 Å². The van der Waals surface area contributed by atoms with E-state index in [2.05, 4.69) is 22.0 Å². The summed E-state index contributed by atoms with van der Waals surface area (Å²) < 4.78 is 12.2. The van der Waals surface area contributed by atoms with E-state index in [-0.39, 0.29) is 12.2 Å². The summed E-state index contributed by atoms with van der Waals surface area (Å²) in [6.45, 7) is 0.271. The molecule has 0 aliphatic carbocycles. The number of carboxylic acid groups (broad SMARTS) is 1. The highest BCUT2D eigenvalue weighted by molar-refractivity contribution is 9.10. The molecule has 30 heavy (non-hydrogen) atoms. The molecular formula is C24H18BrNO4. The van der Waals surface area contributed by atoms with E-state index < -0.39 is 5.97 Å². The Hall–Kier alpha value is -3.56. The predicted molar refractivity (Wildman–Crippen MR) is 118 cm³/mol. The maximum atomic E-state index is 10.9. The van der Waals surface area contributed by atoms with Crippen LogP contribution < -0.4 is 9.47 Å². The number of nitrogens with zero attached hydrogens (tertiary/aromatic N) is 1. The average Bonchev–Trinajstić information content (AvgIpc) is 2.76. The summed E-state index contributed by atoms with van der Waals surface area (Å²) in [7, 11) is 1.55. The number of carbonyl (C=O) groups is 1. The molecule has 3 rings (SSSR count). The van der Waals surface area contributed by atoms with Crippen molar-refractivity contribution in [1.82, 2.24) is 0 Å². The molecule has 0 radical (unpaired) electrons. The zero-order valence-electron chi connectivity index (χ0n) is 16.1. The number of ether oxygens (including phenoxy) is 2. The Morgan fingerprint density at radius 3 is 2.47 bits per heavy atom. The van der Waals surface area contributed by atoms with E-state index in [4.69, 9.17) is 14.6 Å². The summed E-state index contributed by atoms with van der Waals surface area (Å²) in [4.78, 5) is 10.9. The van der Waals surface area contributed by atoms with Crippen molar-refractivity contribution in [3.8, 4) is 17.6 Å². The third kappa shape index (κ3) is 5.28. The molecule has 0 bridgehead atoms. The number of aromatic carboxylic acids is 1. The van der Waals surface area contributed by atoms with Crippen LogP contribution in [-0.2, 0) is 6.61 Å². The third-order valence-electron chi connectivity index (χ3n) is 4.35. The molecule has 0 atom stereocenters. The van der Waals surface area contributed by atoms with Crippen molar-refractivity contribution in [2.24, 2.45) is 0 Å². The monoisotopic (exact) mass is 463 g/mol. The van der Waals surface area contributed by atoms with Crippen LogP contribution in [-0.4, -0.2) is 18.2 Å². The molecule has 0 saturated heterocycles. The molecule has 6 heteroatoms. The van der Waals surface area contributed by atoms with Crippen LogP contribution in [0.2, 0.25) is 0 Å². The van der Waals surface area contributed by atoms with Gasteiger partial charge in [-0.05, 0) is 59.2 Å². The number of rotatable bonds is 7. The van der Waals surface area contributed by atoms with E-state index in [0.717, 1.165) is 21.2 Å².